The standard InChI is InChI=1S/C46H73N11O12S/c1-23(2)17-32(54-40(62)29(47)13-14-36(48)59)43(65)56-34(19-27-20-49-30-12-10-9-11-28(27)30)41(63)51-26(7)39(61)57-38(25(5)6)45(67)50-21-37(60)52-35(22-58)44(66)55-33(18-24(3)4)42(64)53-31(46(68)69)15-16-70-8/h9-12,20,23-26,29,31-35,38,49,58H,13-19,21-22,47H2,1-8H3,(H2,48,59)(H,50,67)(H,51,63)(H,52,60)(H,53,64)(H,54,62)(H,55,66)(H,56,65)(H,57,61)(H,68,69). The van der Waals surface area contributed by atoms with Crippen LogP contribution in [0.2, 0.25) is 0 Å². The number of fused-ring (bicyclic) bond motifs is 1. The van der Waals surface area contributed by atoms with Crippen molar-refractivity contribution in [3.05, 3.63) is 36.0 Å². The van der Waals surface area contributed by atoms with Gasteiger partial charge in [-0.1, -0.05) is 59.7 Å². The number of rotatable bonds is 31. The van der Waals surface area contributed by atoms with Crippen LogP contribution in [0.5, 0.6) is 0 Å². The molecule has 1 aromatic carbocycles. The molecule has 1 aromatic heterocycles. The van der Waals surface area contributed by atoms with Crippen molar-refractivity contribution in [2.24, 2.45) is 29.2 Å². The summed E-state index contributed by atoms with van der Waals surface area (Å²) in [5.41, 5.74) is 12.6. The Morgan fingerprint density at radius 1 is 0.657 bits per heavy atom. The molecule has 15 N–H and O–H groups in total. The van der Waals surface area contributed by atoms with Crippen molar-refractivity contribution in [1.29, 1.82) is 0 Å². The molecule has 23 nitrogen and oxygen atoms in total. The Morgan fingerprint density at radius 2 is 1.20 bits per heavy atom. The number of aliphatic hydroxyl groups is 1. The molecule has 0 saturated heterocycles. The first-order valence-corrected chi connectivity index (χ1v) is 24.6. The summed E-state index contributed by atoms with van der Waals surface area (Å²) in [5, 5.41) is 40.4. The van der Waals surface area contributed by atoms with Gasteiger partial charge in [0.25, 0.3) is 0 Å². The molecule has 2 aromatic rings. The van der Waals surface area contributed by atoms with Crippen molar-refractivity contribution in [2.45, 2.75) is 135 Å². The van der Waals surface area contributed by atoms with Crippen molar-refractivity contribution in [1.82, 2.24) is 47.5 Å². The van der Waals surface area contributed by atoms with Crippen LogP contribution in [0.15, 0.2) is 30.5 Å². The van der Waals surface area contributed by atoms with E-state index in [1.54, 1.807) is 46.2 Å². The Labute approximate surface area is 412 Å². The molecule has 1 heterocycles. The van der Waals surface area contributed by atoms with Gasteiger partial charge in [-0.3, -0.25) is 43.2 Å². The number of aliphatic carboxylic acids is 1. The van der Waals surface area contributed by atoms with Crippen LogP contribution in [-0.2, 0) is 54.4 Å². The average Bonchev–Trinajstić information content (AvgIpc) is 3.70. The molecule has 390 valence electrons. The van der Waals surface area contributed by atoms with Crippen molar-refractivity contribution in [3.63, 3.8) is 0 Å². The SMILES string of the molecule is CSCCC(NC(=O)C(CC(C)C)NC(=O)C(CO)NC(=O)CNC(=O)C(NC(=O)C(C)NC(=O)C(Cc1c[nH]c2ccccc12)NC(=O)C(CC(C)C)NC(=O)C(N)CCC(N)=O)C(C)C)C(=O)O. The molecule has 70 heavy (non-hydrogen) atoms. The average molecular weight is 1000 g/mol. The normalized spacial score (nSPS) is 14.8. The van der Waals surface area contributed by atoms with E-state index in [-0.39, 0.29) is 50.4 Å². The number of carbonyl (C=O) groups excluding carboxylic acids is 9. The number of hydrogen-bond donors (Lipinski definition) is 13. The van der Waals surface area contributed by atoms with Crippen LogP contribution in [0.25, 0.3) is 10.9 Å². The number of nitrogens with two attached hydrogens (primary N) is 2. The van der Waals surface area contributed by atoms with Gasteiger partial charge < -0.3 is 69.2 Å². The summed E-state index contributed by atoms with van der Waals surface area (Å²) in [7, 11) is 0. The Hall–Kier alpha value is -6.27. The fourth-order valence-electron chi connectivity index (χ4n) is 7.06. The molecule has 0 saturated carbocycles. The Morgan fingerprint density at radius 3 is 1.74 bits per heavy atom. The highest BCUT2D eigenvalue weighted by atomic mass is 32.2. The first-order chi connectivity index (χ1) is 32.9. The zero-order chi connectivity index (χ0) is 52.8. The molecule has 0 bridgehead atoms. The maximum Gasteiger partial charge on any atom is 0.326 e. The number of carboxylic acids is 1. The molecule has 0 fully saturated rings. The Kier molecular flexibility index (Phi) is 25.4. The lowest BCUT2D eigenvalue weighted by molar-refractivity contribution is -0.142. The summed E-state index contributed by atoms with van der Waals surface area (Å²) >= 11 is 1.40. The van der Waals surface area contributed by atoms with E-state index in [1.807, 2.05) is 32.0 Å². The highest BCUT2D eigenvalue weighted by molar-refractivity contribution is 7.98. The second-order valence-corrected chi connectivity index (χ2v) is 19.3. The van der Waals surface area contributed by atoms with Gasteiger partial charge in [0.1, 0.15) is 42.3 Å². The second kappa shape index (κ2) is 29.7. The highest BCUT2D eigenvalue weighted by Gasteiger charge is 2.34. The zero-order valence-electron chi connectivity index (χ0n) is 41.1. The van der Waals surface area contributed by atoms with Gasteiger partial charge in [-0.05, 0) is 74.0 Å². The topological polar surface area (TPSA) is 375 Å². The lowest BCUT2D eigenvalue weighted by Crippen LogP contribution is -2.59. The van der Waals surface area contributed by atoms with E-state index in [1.165, 1.54) is 18.7 Å². The third-order valence-electron chi connectivity index (χ3n) is 10.9. The van der Waals surface area contributed by atoms with Crippen molar-refractivity contribution in [3.8, 4) is 0 Å². The minimum atomic E-state index is -1.56. The maximum absolute atomic E-state index is 14.0. The number of amides is 9. The van der Waals surface area contributed by atoms with Gasteiger partial charge in [-0.15, -0.1) is 0 Å². The molecular weight excluding hydrogens is 931 g/mol. The van der Waals surface area contributed by atoms with Crippen molar-refractivity contribution in [2.75, 3.05) is 25.2 Å². The summed E-state index contributed by atoms with van der Waals surface area (Å²) in [6, 6.07) is -2.78. The second-order valence-electron chi connectivity index (χ2n) is 18.3. The Balaban J connectivity index is 2.17. The van der Waals surface area contributed by atoms with Gasteiger partial charge in [0, 0.05) is 29.9 Å². The van der Waals surface area contributed by atoms with Crippen LogP contribution in [0.4, 0.5) is 0 Å². The maximum atomic E-state index is 14.0. The van der Waals surface area contributed by atoms with E-state index in [2.05, 4.69) is 47.5 Å². The van der Waals surface area contributed by atoms with Crippen LogP contribution in [-0.4, -0.2) is 148 Å². The quantitative estimate of drug-likeness (QED) is 0.0405. The molecule has 9 amide bonds. The number of aliphatic hydroxyl groups excluding tert-OH is 1. The van der Waals surface area contributed by atoms with Crippen LogP contribution in [0.1, 0.15) is 86.1 Å². The molecule has 0 radical (unpaired) electrons. The van der Waals surface area contributed by atoms with Crippen LogP contribution in [0.3, 0.4) is 0 Å². The number of aromatic amines is 1. The predicted octanol–water partition coefficient (Wildman–Crippen LogP) is -1.59. The molecule has 8 unspecified atom stereocenters. The van der Waals surface area contributed by atoms with Gasteiger partial charge in [-0.25, -0.2) is 4.79 Å². The molecule has 2 rings (SSSR count). The summed E-state index contributed by atoms with van der Waals surface area (Å²) in [6.07, 6.45) is 3.63. The first-order valence-electron chi connectivity index (χ1n) is 23.2. The molecule has 0 aliphatic heterocycles. The third-order valence-corrected chi connectivity index (χ3v) is 11.6. The van der Waals surface area contributed by atoms with Gasteiger partial charge >= 0.3 is 5.97 Å². The fourth-order valence-corrected chi connectivity index (χ4v) is 7.53. The lowest BCUT2D eigenvalue weighted by atomic mass is 10.00. The molecule has 0 aliphatic rings. The predicted molar refractivity (Wildman–Crippen MR) is 262 cm³/mol. The number of carboxylic acid groups (broad SMARTS) is 1. The number of primary amides is 1. The van der Waals surface area contributed by atoms with E-state index in [9.17, 15) is 58.2 Å². The number of carbonyl (C=O) groups is 10. The number of H-pyrrole nitrogens is 1. The minimum Gasteiger partial charge on any atom is -0.480 e. The molecule has 8 atom stereocenters. The van der Waals surface area contributed by atoms with E-state index < -0.39 is 127 Å². The molecule has 24 heteroatoms. The number of aromatic nitrogens is 1. The van der Waals surface area contributed by atoms with Gasteiger partial charge in [0.05, 0.1) is 19.2 Å². The largest absolute Gasteiger partial charge is 0.480 e. The number of thioether (sulfide) groups is 1. The summed E-state index contributed by atoms with van der Waals surface area (Å²) in [6.45, 7) is 10.2. The van der Waals surface area contributed by atoms with Crippen molar-refractivity contribution >= 4 is 81.8 Å². The monoisotopic (exact) mass is 1000 g/mol. The zero-order valence-corrected chi connectivity index (χ0v) is 42.0. The van der Waals surface area contributed by atoms with Gasteiger partial charge in [0.15, 0.2) is 0 Å². The number of hydrogen-bond acceptors (Lipinski definition) is 13. The first kappa shape index (κ1) is 59.9. The van der Waals surface area contributed by atoms with Crippen LogP contribution in [0, 0.1) is 17.8 Å². The summed E-state index contributed by atoms with van der Waals surface area (Å²) < 4.78 is 0. The van der Waals surface area contributed by atoms with E-state index >= 15 is 0 Å². The number of nitrogens with one attached hydrogen (secondary N) is 9. The van der Waals surface area contributed by atoms with E-state index in [0.29, 0.717) is 11.3 Å². The van der Waals surface area contributed by atoms with Crippen LogP contribution < -0.4 is 54.0 Å². The molecular formula is C46H73N11O12S. The van der Waals surface area contributed by atoms with Gasteiger partial charge in [-0.2, -0.15) is 11.8 Å². The third kappa shape index (κ3) is 20.4. The highest BCUT2D eigenvalue weighted by Crippen LogP contribution is 2.20. The van der Waals surface area contributed by atoms with E-state index in [0.717, 1.165) is 10.9 Å². The smallest absolute Gasteiger partial charge is 0.326 e. The van der Waals surface area contributed by atoms with E-state index in [4.69, 9.17) is 11.5 Å². The Bertz CT molecular complexity index is 2130. The van der Waals surface area contributed by atoms with Crippen LogP contribution >= 0.6 is 11.8 Å². The minimum absolute atomic E-state index is 0.0478. The molecule has 0 spiro atoms. The van der Waals surface area contributed by atoms with Crippen molar-refractivity contribution < 1.29 is 58.2 Å². The molecule has 0 aliphatic carbocycles. The lowest BCUT2D eigenvalue weighted by Gasteiger charge is -2.27. The fraction of sp³-hybridized carbons (Fsp3) is 0.609. The summed E-state index contributed by atoms with van der Waals surface area (Å²) in [5.74, 6) is -8.60. The number of para-hydroxylation sites is 1. The van der Waals surface area contributed by atoms with Gasteiger partial charge in [0.2, 0.25) is 53.2 Å². The summed E-state index contributed by atoms with van der Waals surface area (Å²) in [4.78, 5) is 133. The number of benzene rings is 1.